The largest absolute Gasteiger partial charge is 0.481 e. The van der Waals surface area contributed by atoms with Crippen LogP contribution in [0.4, 0.5) is 22.7 Å². The standard InChI is InChI=1S/C99H144N28O20S/c1-7-21-71(89(136)121-77(56-61-57-112-68-25-9-8-22-65(61)68)92(139)117-72(29-16-51-110-98(104)105)90(137)118-74(88(135)113-59(4)86(133)115-70(85(103)132)26-10-12-47-100)44-46-83(131)147-148(145,146)80-33-15-23-66-67(80)24-14-28-69(66)108-53-49-102)116-91(138)73(43-45-82(129)130)119-95(142)84(58(2)3)122-94(141)79-32-20-55-127(79)97(144)76(27-11-13-48-101)120-93(140)78-31-19-54-126(78)96(143)75(30-17-52-111-99(106)107)114-81(128)34-18-50-109-87(134)60-35-37-62(38-36-60)123-124-63-39-41-64(42-40-63)125(5)6/h8-9,14-15,22-25,28,33,35-42,57-59,70-79,84,108,112H,7,10-13,16-21,26-27,29-32,34,43-56,100-102H2,1-6H3,(H2,103,132)(H,109,134)(H,113,135)(H,114,128)(H,115,133)(H,116,138)(H,117,139)(H,118,137)(H,119,142)(H,120,140)(H,121,136)(H,122,141)(H,129,130)(H4,104,105,110)(H4,106,107,111)/t59-,70-,71-,72-,73-,74-,75-,76-,77-,78-,79-,84-/m0/s1. The van der Waals surface area contributed by atoms with Crippen LogP contribution in [-0.4, -0.2) is 280 Å². The van der Waals surface area contributed by atoms with E-state index < -0.39 is 220 Å². The number of carbonyl (C=O) groups excluding carboxylic acids is 15. The highest BCUT2D eigenvalue weighted by molar-refractivity contribution is 7.87. The molecule has 0 unspecified atom stereocenters. The summed E-state index contributed by atoms with van der Waals surface area (Å²) >= 11 is 0. The van der Waals surface area contributed by atoms with Gasteiger partial charge in [0, 0.05) is 130 Å². The van der Waals surface area contributed by atoms with Gasteiger partial charge in [-0.05, 0) is 214 Å². The first-order valence-electron chi connectivity index (χ1n) is 49.9. The molecule has 3 heterocycles. The lowest BCUT2D eigenvalue weighted by Crippen LogP contribution is -2.61. The number of aromatic amines is 1. The van der Waals surface area contributed by atoms with E-state index in [1.54, 1.807) is 93.7 Å². The van der Waals surface area contributed by atoms with E-state index in [1.165, 1.54) is 34.9 Å². The topological polar surface area (TPSA) is 759 Å². The number of carboxylic acids is 1. The third-order valence-electron chi connectivity index (χ3n) is 25.0. The van der Waals surface area contributed by atoms with E-state index in [4.69, 9.17) is 49.4 Å². The average molecular weight is 2080 g/mol. The lowest BCUT2D eigenvalue weighted by molar-refractivity contribution is -0.145. The van der Waals surface area contributed by atoms with Crippen molar-refractivity contribution >= 4 is 161 Å². The number of aromatic nitrogens is 1. The Labute approximate surface area is 859 Å². The SMILES string of the molecule is CCC[C@H](NC(=O)[C@H](CCC(=O)O)NC(=O)[C@@H](NC(=O)[C@@H]1CCCN1C(=O)[C@H](CCCCN)NC(=O)[C@@H]1CCCN1C(=O)[C@H](CCCNC(=N)N)NC(=O)CCCNC(=O)c1ccc(N=Nc2ccc(N(C)C)cc2)cc1)C(C)C)C(=O)N[C@@H](Cc1c[nH]c2ccccc12)C(=O)N[C@@H](CCCNC(=N)N)C(=O)N[C@@H](CCC(=O)OS(=O)(=O)c1cccc2c(NCCN)cccc12)C(=O)N[C@@H](C)C(=O)N[C@@H](CCCCN)C(N)=O. The van der Waals surface area contributed by atoms with Crippen LogP contribution in [0.5, 0.6) is 0 Å². The molecule has 48 nitrogen and oxygen atoms in total. The van der Waals surface area contributed by atoms with Gasteiger partial charge >= 0.3 is 22.1 Å². The Balaban J connectivity index is 0.960. The maximum atomic E-state index is 15.4. The van der Waals surface area contributed by atoms with Crippen LogP contribution in [0, 0.1) is 16.7 Å². The molecule has 8 rings (SSSR count). The summed E-state index contributed by atoms with van der Waals surface area (Å²) in [6.45, 7) is 7.39. The number of carboxylic acid groups (broad SMARTS) is 1. The van der Waals surface area contributed by atoms with Gasteiger partial charge in [0.1, 0.15) is 77.4 Å². The Morgan fingerprint density at radius 3 is 1.53 bits per heavy atom. The third-order valence-corrected chi connectivity index (χ3v) is 26.3. The number of nitrogens with zero attached hydrogens (tertiary/aromatic N) is 5. The number of benzene rings is 5. The number of unbranched alkanes of at least 4 members (excludes halogenated alkanes) is 2. The summed E-state index contributed by atoms with van der Waals surface area (Å²) in [4.78, 5) is 236. The van der Waals surface area contributed by atoms with Crippen molar-refractivity contribution in [1.82, 2.24) is 83.9 Å². The number of nitrogens with one attached hydrogen (secondary N) is 17. The van der Waals surface area contributed by atoms with Gasteiger partial charge in [-0.25, -0.2) is 0 Å². The second-order valence-electron chi connectivity index (χ2n) is 36.9. The average Bonchev–Trinajstić information content (AvgIpc) is 1.02. The molecule has 2 aliphatic rings. The number of hydrogen-bond acceptors (Lipinski definition) is 28. The number of para-hydroxylation sites is 1. The van der Waals surface area contributed by atoms with E-state index in [-0.39, 0.29) is 154 Å². The van der Waals surface area contributed by atoms with Crippen molar-refractivity contribution in [3.63, 3.8) is 0 Å². The molecule has 148 heavy (non-hydrogen) atoms. The molecule has 0 bridgehead atoms. The van der Waals surface area contributed by atoms with Crippen LogP contribution >= 0.6 is 0 Å². The molecule has 806 valence electrons. The minimum atomic E-state index is -4.94. The number of anilines is 2. The van der Waals surface area contributed by atoms with Gasteiger partial charge in [0.05, 0.1) is 11.4 Å². The Kier molecular flexibility index (Phi) is 47.6. The molecule has 0 saturated carbocycles. The van der Waals surface area contributed by atoms with Gasteiger partial charge in [0.2, 0.25) is 76.8 Å². The minimum absolute atomic E-state index is 0.0212. The van der Waals surface area contributed by atoms with E-state index in [0.29, 0.717) is 83.1 Å². The zero-order valence-electron chi connectivity index (χ0n) is 84.4. The van der Waals surface area contributed by atoms with E-state index in [2.05, 4.69) is 89.6 Å². The first-order valence-corrected chi connectivity index (χ1v) is 51.3. The van der Waals surface area contributed by atoms with Crippen LogP contribution < -0.4 is 114 Å². The highest BCUT2D eigenvalue weighted by Crippen LogP contribution is 2.32. The first kappa shape index (κ1) is 118. The van der Waals surface area contributed by atoms with Crippen LogP contribution in [0.2, 0.25) is 0 Å². The first-order chi connectivity index (χ1) is 70.6. The molecular formula is C99H144N28O20S. The number of primary amides is 1. The lowest BCUT2D eigenvalue weighted by Gasteiger charge is -2.32. The quantitative estimate of drug-likeness (QED) is 0.00835. The fraction of sp³-hybridized carbons (Fsp3) is 0.515. The summed E-state index contributed by atoms with van der Waals surface area (Å²) in [5.74, 6) is -16.3. The second kappa shape index (κ2) is 59.6. The van der Waals surface area contributed by atoms with E-state index in [1.807, 2.05) is 43.3 Å². The number of hydrogen-bond donors (Lipinski definition) is 24. The van der Waals surface area contributed by atoms with Gasteiger partial charge in [-0.15, -0.1) is 0 Å². The number of nitrogens with two attached hydrogens (primary N) is 6. The Morgan fingerprint density at radius 1 is 0.486 bits per heavy atom. The number of amides is 14. The zero-order valence-corrected chi connectivity index (χ0v) is 85.2. The van der Waals surface area contributed by atoms with Gasteiger partial charge in [-0.3, -0.25) is 87.5 Å². The second-order valence-corrected chi connectivity index (χ2v) is 38.5. The molecule has 0 spiro atoms. The van der Waals surface area contributed by atoms with E-state index >= 15 is 19.2 Å². The number of carbonyl (C=O) groups is 16. The molecule has 6 aromatic rings. The Bertz CT molecular complexity index is 5750. The Morgan fingerprint density at radius 2 is 0.973 bits per heavy atom. The van der Waals surface area contributed by atoms with Crippen LogP contribution in [0.25, 0.3) is 21.7 Å². The van der Waals surface area contributed by atoms with Crippen LogP contribution in [-0.2, 0) is 92.6 Å². The summed E-state index contributed by atoms with van der Waals surface area (Å²) in [5, 5.41) is 72.9. The fourth-order valence-corrected chi connectivity index (χ4v) is 18.2. The highest BCUT2D eigenvalue weighted by Gasteiger charge is 2.44. The number of aliphatic carboxylic acids is 1. The number of guanidine groups is 2. The third kappa shape index (κ3) is 36.9. The van der Waals surface area contributed by atoms with E-state index in [9.17, 15) is 71.1 Å². The van der Waals surface area contributed by atoms with Crippen LogP contribution in [0.3, 0.4) is 0 Å². The molecule has 5 aromatic carbocycles. The predicted molar refractivity (Wildman–Crippen MR) is 553 cm³/mol. The van der Waals surface area contributed by atoms with Crippen molar-refractivity contribution in [1.29, 1.82) is 10.8 Å². The van der Waals surface area contributed by atoms with Crippen molar-refractivity contribution in [2.45, 2.75) is 253 Å². The van der Waals surface area contributed by atoms with Gasteiger partial charge < -0.3 is 138 Å². The maximum Gasteiger partial charge on any atom is 0.342 e. The monoisotopic (exact) mass is 2080 g/mol. The number of azo groups is 1. The molecule has 1 aromatic heterocycles. The van der Waals surface area contributed by atoms with Crippen molar-refractivity contribution in [3.05, 3.63) is 127 Å². The number of H-pyrrole nitrogens is 1. The van der Waals surface area contributed by atoms with Crippen molar-refractivity contribution in [2.75, 3.05) is 83.2 Å². The normalized spacial score (nSPS) is 15.4. The summed E-state index contributed by atoms with van der Waals surface area (Å²) in [7, 11) is -1.08. The van der Waals surface area contributed by atoms with Crippen molar-refractivity contribution in [3.8, 4) is 0 Å². The van der Waals surface area contributed by atoms with Crippen LogP contribution in [0.15, 0.2) is 131 Å². The minimum Gasteiger partial charge on any atom is -0.481 e. The summed E-state index contributed by atoms with van der Waals surface area (Å²) in [6, 6.07) is 12.3. The molecule has 0 aliphatic carbocycles. The maximum absolute atomic E-state index is 15.4. The van der Waals surface area contributed by atoms with E-state index in [0.717, 1.165) is 5.69 Å². The molecule has 2 fully saturated rings. The molecule has 49 heteroatoms. The molecule has 2 aliphatic heterocycles. The predicted octanol–water partition coefficient (Wildman–Crippen LogP) is 1.08. The fourth-order valence-electron chi connectivity index (χ4n) is 17.1. The van der Waals surface area contributed by atoms with Crippen molar-refractivity contribution in [2.24, 2.45) is 50.5 Å². The summed E-state index contributed by atoms with van der Waals surface area (Å²) in [5.41, 5.74) is 38.2. The molecule has 30 N–H and O–H groups in total. The molecule has 2 saturated heterocycles. The van der Waals surface area contributed by atoms with Gasteiger partial charge in [-0.2, -0.15) is 18.6 Å². The lowest BCUT2D eigenvalue weighted by atomic mass is 10.0. The number of fused-ring (bicyclic) bond motifs is 2. The summed E-state index contributed by atoms with van der Waals surface area (Å²) < 4.78 is 33.2. The van der Waals surface area contributed by atoms with Crippen LogP contribution in [0.1, 0.15) is 185 Å². The Hall–Kier alpha value is -15.0. The smallest absolute Gasteiger partial charge is 0.342 e. The number of likely N-dealkylation sites (tertiary alicyclic amines) is 2. The molecular weight excluding hydrogens is 1930 g/mol. The summed E-state index contributed by atoms with van der Waals surface area (Å²) in [6.07, 6.45) is 0.914. The van der Waals surface area contributed by atoms with Gasteiger partial charge in [0.25, 0.3) is 5.91 Å². The number of rotatable bonds is 62. The molecule has 14 amide bonds. The zero-order chi connectivity index (χ0) is 108. The van der Waals surface area contributed by atoms with Gasteiger partial charge in [0.15, 0.2) is 11.9 Å². The van der Waals surface area contributed by atoms with Crippen molar-refractivity contribution < 1.29 is 94.4 Å². The molecule has 12 atom stereocenters. The molecule has 0 radical (unpaired) electrons. The highest BCUT2D eigenvalue weighted by atomic mass is 32.2. The van der Waals surface area contributed by atoms with Gasteiger partial charge in [-0.1, -0.05) is 69.7 Å².